The van der Waals surface area contributed by atoms with Gasteiger partial charge in [0.05, 0.1) is 13.2 Å². The van der Waals surface area contributed by atoms with Crippen LogP contribution in [0.4, 0.5) is 4.79 Å². The molecule has 3 atom stereocenters. The number of hydrogen-bond donors (Lipinski definition) is 4. The van der Waals surface area contributed by atoms with E-state index < -0.39 is 47.5 Å². The van der Waals surface area contributed by atoms with Crippen molar-refractivity contribution in [1.29, 1.82) is 0 Å². The molecule has 0 heterocycles. The monoisotopic (exact) mass is 520 g/mol. The van der Waals surface area contributed by atoms with Crippen LogP contribution >= 0.6 is 0 Å². The quantitative estimate of drug-likeness (QED) is 0.296. The second-order valence-electron chi connectivity index (χ2n) is 11.0. The Labute approximate surface area is 220 Å². The molecule has 208 valence electrons. The predicted molar refractivity (Wildman–Crippen MR) is 141 cm³/mol. The number of carbonyl (C=O) groups excluding carboxylic acids is 4. The predicted octanol–water partition coefficient (Wildman–Crippen LogP) is 2.64. The molecule has 0 radical (unpaired) electrons. The minimum atomic E-state index is -1.12. The lowest BCUT2D eigenvalue weighted by Crippen LogP contribution is -2.58. The number of ether oxygens (including phenoxy) is 2. The van der Waals surface area contributed by atoms with Gasteiger partial charge >= 0.3 is 6.09 Å². The van der Waals surface area contributed by atoms with Gasteiger partial charge in [-0.15, -0.1) is 0 Å². The van der Waals surface area contributed by atoms with Crippen molar-refractivity contribution in [1.82, 2.24) is 16.0 Å². The van der Waals surface area contributed by atoms with Crippen molar-refractivity contribution in [3.63, 3.8) is 0 Å². The Bertz CT molecular complexity index is 883. The Hall–Kier alpha value is -3.14. The Balaban J connectivity index is 3.00. The summed E-state index contributed by atoms with van der Waals surface area (Å²) < 4.78 is 11.0. The number of nitrogens with one attached hydrogen (secondary N) is 3. The Morgan fingerprint density at radius 1 is 0.811 bits per heavy atom. The molecule has 4 amide bonds. The first kappa shape index (κ1) is 31.9. The highest BCUT2D eigenvalue weighted by atomic mass is 16.6. The van der Waals surface area contributed by atoms with Crippen LogP contribution in [-0.2, 0) is 30.5 Å². The molecule has 1 aromatic carbocycles. The first-order valence-electron chi connectivity index (χ1n) is 12.7. The van der Waals surface area contributed by atoms with Gasteiger partial charge < -0.3 is 31.2 Å². The Morgan fingerprint density at radius 2 is 1.32 bits per heavy atom. The second-order valence-corrected chi connectivity index (χ2v) is 11.0. The van der Waals surface area contributed by atoms with E-state index in [-0.39, 0.29) is 25.0 Å². The van der Waals surface area contributed by atoms with E-state index in [0.717, 1.165) is 5.56 Å². The second kappa shape index (κ2) is 15.2. The molecule has 1 aromatic rings. The number of alkyl carbamates (subject to hydrolysis) is 1. The van der Waals surface area contributed by atoms with E-state index in [2.05, 4.69) is 16.0 Å². The third kappa shape index (κ3) is 13.7. The Kier molecular flexibility index (Phi) is 13.1. The summed E-state index contributed by atoms with van der Waals surface area (Å²) in [5.74, 6) is -1.60. The molecule has 0 fully saturated rings. The van der Waals surface area contributed by atoms with Gasteiger partial charge in [0.1, 0.15) is 23.7 Å². The van der Waals surface area contributed by atoms with Crippen LogP contribution in [0.3, 0.4) is 0 Å². The number of hydrogen-bond acceptors (Lipinski definition) is 6. The molecule has 0 bridgehead atoms. The first-order chi connectivity index (χ1) is 17.2. The van der Waals surface area contributed by atoms with Crippen LogP contribution in [0.5, 0.6) is 0 Å². The molecule has 0 aliphatic heterocycles. The lowest BCUT2D eigenvalue weighted by Gasteiger charge is -2.27. The van der Waals surface area contributed by atoms with Crippen LogP contribution in [0.1, 0.15) is 66.9 Å². The van der Waals surface area contributed by atoms with Crippen LogP contribution in [0.15, 0.2) is 30.3 Å². The van der Waals surface area contributed by atoms with Gasteiger partial charge in [0, 0.05) is 0 Å². The smallest absolute Gasteiger partial charge is 0.408 e. The summed E-state index contributed by atoms with van der Waals surface area (Å²) >= 11 is 0. The van der Waals surface area contributed by atoms with Gasteiger partial charge in [0.25, 0.3) is 0 Å². The molecule has 10 heteroatoms. The van der Waals surface area contributed by atoms with Crippen molar-refractivity contribution in [2.45, 2.75) is 91.6 Å². The number of benzene rings is 1. The van der Waals surface area contributed by atoms with Gasteiger partial charge in [0.2, 0.25) is 17.7 Å². The molecule has 3 unspecified atom stereocenters. The zero-order chi connectivity index (χ0) is 28.2. The highest BCUT2D eigenvalue weighted by Gasteiger charge is 2.31. The molecule has 1 rings (SSSR count). The molecule has 0 saturated carbocycles. The lowest BCUT2D eigenvalue weighted by atomic mass is 10.00. The zero-order valence-electron chi connectivity index (χ0n) is 23.1. The summed E-state index contributed by atoms with van der Waals surface area (Å²) in [6.07, 6.45) is -0.0968. The first-order valence-corrected chi connectivity index (χ1v) is 12.7. The molecular formula is C27H44N4O6. The zero-order valence-corrected chi connectivity index (χ0v) is 23.1. The van der Waals surface area contributed by atoms with E-state index in [9.17, 15) is 19.2 Å². The van der Waals surface area contributed by atoms with Gasteiger partial charge in [-0.2, -0.15) is 0 Å². The van der Waals surface area contributed by atoms with Gasteiger partial charge in [-0.3, -0.25) is 14.4 Å². The van der Waals surface area contributed by atoms with Gasteiger partial charge in [-0.25, -0.2) is 4.79 Å². The molecule has 5 N–H and O–H groups in total. The number of primary amides is 1. The highest BCUT2D eigenvalue weighted by molar-refractivity contribution is 5.93. The average Bonchev–Trinajstić information content (AvgIpc) is 2.76. The third-order valence-corrected chi connectivity index (χ3v) is 5.11. The number of nitrogens with two attached hydrogens (primary N) is 1. The van der Waals surface area contributed by atoms with Crippen LogP contribution in [-0.4, -0.2) is 54.1 Å². The SMILES string of the molecule is CC(C)CC(NC(=O)C(CC(C)C)NC(=O)C(COCc1ccccc1)NC(=O)OC(C)(C)C)C(N)=O. The van der Waals surface area contributed by atoms with E-state index in [4.69, 9.17) is 15.2 Å². The summed E-state index contributed by atoms with van der Waals surface area (Å²) in [5.41, 5.74) is 5.61. The van der Waals surface area contributed by atoms with Crippen LogP contribution in [0, 0.1) is 11.8 Å². The maximum absolute atomic E-state index is 13.2. The fraction of sp³-hybridized carbons (Fsp3) is 0.630. The maximum Gasteiger partial charge on any atom is 0.408 e. The topological polar surface area (TPSA) is 149 Å². The normalized spacial score (nSPS) is 14.0. The van der Waals surface area contributed by atoms with E-state index in [1.165, 1.54) is 0 Å². The standard InChI is InChI=1S/C27H44N4O6/c1-17(2)13-20(23(28)32)29-24(33)21(14-18(3)4)30-25(34)22(31-26(35)37-27(5,6)7)16-36-15-19-11-9-8-10-12-19/h8-12,17-18,20-22H,13-16H2,1-7H3,(H2,28,32)(H,29,33)(H,30,34)(H,31,35). The third-order valence-electron chi connectivity index (χ3n) is 5.11. The van der Waals surface area contributed by atoms with Crippen molar-refractivity contribution in [2.75, 3.05) is 6.61 Å². The van der Waals surface area contributed by atoms with Crippen molar-refractivity contribution in [2.24, 2.45) is 17.6 Å². The van der Waals surface area contributed by atoms with Crippen LogP contribution in [0.25, 0.3) is 0 Å². The summed E-state index contributed by atoms with van der Waals surface area (Å²) in [7, 11) is 0. The van der Waals surface area contributed by atoms with Crippen molar-refractivity contribution in [3.05, 3.63) is 35.9 Å². The average molecular weight is 521 g/mol. The molecule has 0 saturated heterocycles. The fourth-order valence-corrected chi connectivity index (χ4v) is 3.47. The molecular weight excluding hydrogens is 476 g/mol. The highest BCUT2D eigenvalue weighted by Crippen LogP contribution is 2.10. The largest absolute Gasteiger partial charge is 0.444 e. The minimum absolute atomic E-state index is 0.0553. The minimum Gasteiger partial charge on any atom is -0.444 e. The van der Waals surface area contributed by atoms with Gasteiger partial charge in [-0.1, -0.05) is 58.0 Å². The van der Waals surface area contributed by atoms with E-state index in [1.54, 1.807) is 20.8 Å². The summed E-state index contributed by atoms with van der Waals surface area (Å²) in [4.78, 5) is 50.6. The number of amides is 4. The van der Waals surface area contributed by atoms with Crippen molar-refractivity contribution < 1.29 is 28.7 Å². The van der Waals surface area contributed by atoms with Crippen LogP contribution < -0.4 is 21.7 Å². The maximum atomic E-state index is 13.2. The number of carbonyl (C=O) groups is 4. The summed E-state index contributed by atoms with van der Waals surface area (Å²) in [5, 5.41) is 7.91. The van der Waals surface area contributed by atoms with Crippen molar-refractivity contribution in [3.8, 4) is 0 Å². The molecule has 0 aliphatic carbocycles. The van der Waals surface area contributed by atoms with Gasteiger partial charge in [-0.05, 0) is 51.0 Å². The Morgan fingerprint density at radius 3 is 1.84 bits per heavy atom. The fourth-order valence-electron chi connectivity index (χ4n) is 3.47. The molecule has 0 aromatic heterocycles. The van der Waals surface area contributed by atoms with E-state index in [0.29, 0.717) is 12.8 Å². The van der Waals surface area contributed by atoms with Crippen LogP contribution in [0.2, 0.25) is 0 Å². The van der Waals surface area contributed by atoms with E-state index >= 15 is 0 Å². The summed E-state index contributed by atoms with van der Waals surface area (Å²) in [6, 6.07) is 6.46. The molecule has 0 spiro atoms. The molecule has 10 nitrogen and oxygen atoms in total. The van der Waals surface area contributed by atoms with Gasteiger partial charge in [0.15, 0.2) is 0 Å². The molecule has 37 heavy (non-hydrogen) atoms. The molecule has 0 aliphatic rings. The lowest BCUT2D eigenvalue weighted by molar-refractivity contribution is -0.133. The summed E-state index contributed by atoms with van der Waals surface area (Å²) in [6.45, 7) is 12.9. The van der Waals surface area contributed by atoms with E-state index in [1.807, 2.05) is 58.0 Å². The van der Waals surface area contributed by atoms with Crippen molar-refractivity contribution >= 4 is 23.8 Å². The number of rotatable bonds is 14.